The lowest BCUT2D eigenvalue weighted by Gasteiger charge is -2.25. The van der Waals surface area contributed by atoms with Crippen molar-refractivity contribution in [2.24, 2.45) is 0 Å². The van der Waals surface area contributed by atoms with Crippen molar-refractivity contribution in [3.63, 3.8) is 0 Å². The summed E-state index contributed by atoms with van der Waals surface area (Å²) in [5, 5.41) is 2.80. The smallest absolute Gasteiger partial charge is 0.331 e. The number of benzene rings is 2. The zero-order chi connectivity index (χ0) is 21.8. The summed E-state index contributed by atoms with van der Waals surface area (Å²) in [6.07, 6.45) is 2.87. The Kier molecular flexibility index (Phi) is 5.86. The van der Waals surface area contributed by atoms with Crippen molar-refractivity contribution in [3.05, 3.63) is 94.4 Å². The van der Waals surface area contributed by atoms with E-state index in [4.69, 9.17) is 20.8 Å². The van der Waals surface area contributed by atoms with Crippen molar-refractivity contribution in [2.75, 3.05) is 0 Å². The molecule has 4 rings (SSSR count). The normalized spacial score (nSPS) is 15.3. The largest absolute Gasteiger partial charge is 0.489 e. The van der Waals surface area contributed by atoms with Crippen LogP contribution < -0.4 is 10.1 Å². The third-order valence-electron chi connectivity index (χ3n) is 4.62. The van der Waals surface area contributed by atoms with Gasteiger partial charge in [-0.15, -0.1) is 0 Å². The monoisotopic (exact) mass is 436 g/mol. The highest BCUT2D eigenvalue weighted by molar-refractivity contribution is 6.31. The number of hydrogen-bond acceptors (Lipinski definition) is 5. The Hall–Kier alpha value is -3.84. The number of imide groups is 2. The molecule has 2 aromatic carbocycles. The molecule has 31 heavy (non-hydrogen) atoms. The second kappa shape index (κ2) is 8.89. The number of nitrogens with zero attached hydrogens (tertiary/aromatic N) is 1. The van der Waals surface area contributed by atoms with Gasteiger partial charge in [-0.05, 0) is 42.0 Å². The average Bonchev–Trinajstić information content (AvgIpc) is 3.28. The standard InChI is InChI=1S/C23H17ClN2O5/c24-20-6-2-1-4-16(20)14-31-17-9-7-15(8-10-17)12-19-21(27)25-23(29)26(22(19)28)13-18-5-3-11-30-18/h1-12H,13-14H2,(H,25,27,29)/b19-12+. The number of carbonyl (C=O) groups is 3. The van der Waals surface area contributed by atoms with Crippen molar-refractivity contribution in [3.8, 4) is 5.75 Å². The van der Waals surface area contributed by atoms with Gasteiger partial charge in [-0.25, -0.2) is 4.79 Å². The summed E-state index contributed by atoms with van der Waals surface area (Å²) < 4.78 is 10.9. The zero-order valence-electron chi connectivity index (χ0n) is 16.2. The lowest BCUT2D eigenvalue weighted by molar-refractivity contribution is -0.130. The molecule has 1 aromatic heterocycles. The number of halogens is 1. The minimum atomic E-state index is -0.785. The SMILES string of the molecule is O=C1NC(=O)N(Cc2ccco2)C(=O)/C1=C/c1ccc(OCc2ccccc2Cl)cc1. The van der Waals surface area contributed by atoms with Crippen LogP contribution in [0.1, 0.15) is 16.9 Å². The molecule has 7 nitrogen and oxygen atoms in total. The van der Waals surface area contributed by atoms with Gasteiger partial charge in [0.1, 0.15) is 23.7 Å². The number of rotatable bonds is 6. The van der Waals surface area contributed by atoms with Crippen molar-refractivity contribution in [2.45, 2.75) is 13.2 Å². The van der Waals surface area contributed by atoms with Gasteiger partial charge >= 0.3 is 6.03 Å². The Bertz CT molecular complexity index is 1150. The van der Waals surface area contributed by atoms with Gasteiger partial charge in [0.15, 0.2) is 0 Å². The number of hydrogen-bond donors (Lipinski definition) is 1. The fourth-order valence-corrected chi connectivity index (χ4v) is 3.19. The van der Waals surface area contributed by atoms with Crippen LogP contribution in [0.15, 0.2) is 76.9 Å². The number of furan rings is 1. The second-order valence-electron chi connectivity index (χ2n) is 6.74. The lowest BCUT2D eigenvalue weighted by Crippen LogP contribution is -2.53. The van der Waals surface area contributed by atoms with Crippen molar-refractivity contribution < 1.29 is 23.5 Å². The molecule has 1 aliphatic rings. The molecule has 0 bridgehead atoms. The molecule has 8 heteroatoms. The van der Waals surface area contributed by atoms with E-state index in [0.717, 1.165) is 10.5 Å². The van der Waals surface area contributed by atoms with Crippen LogP contribution in [-0.4, -0.2) is 22.7 Å². The average molecular weight is 437 g/mol. The van der Waals surface area contributed by atoms with Gasteiger partial charge in [-0.3, -0.25) is 19.8 Å². The Morgan fingerprint density at radius 2 is 1.77 bits per heavy atom. The van der Waals surface area contributed by atoms with E-state index in [1.165, 1.54) is 12.3 Å². The molecule has 0 saturated carbocycles. The zero-order valence-corrected chi connectivity index (χ0v) is 17.0. The molecule has 1 aliphatic heterocycles. The molecular formula is C23H17ClN2O5. The first-order chi connectivity index (χ1) is 15.0. The summed E-state index contributed by atoms with van der Waals surface area (Å²) in [7, 11) is 0. The summed E-state index contributed by atoms with van der Waals surface area (Å²) in [5.74, 6) is -0.401. The molecule has 2 heterocycles. The van der Waals surface area contributed by atoms with Crippen molar-refractivity contribution >= 4 is 35.5 Å². The Morgan fingerprint density at radius 1 is 1.00 bits per heavy atom. The van der Waals surface area contributed by atoms with Crippen LogP contribution in [-0.2, 0) is 22.7 Å². The number of urea groups is 1. The van der Waals surface area contributed by atoms with Gasteiger partial charge in [-0.2, -0.15) is 0 Å². The number of ether oxygens (including phenoxy) is 1. The van der Waals surface area contributed by atoms with E-state index in [9.17, 15) is 14.4 Å². The fourth-order valence-electron chi connectivity index (χ4n) is 3.00. The molecular weight excluding hydrogens is 420 g/mol. The predicted molar refractivity (Wildman–Crippen MR) is 113 cm³/mol. The molecule has 156 valence electrons. The summed E-state index contributed by atoms with van der Waals surface area (Å²) in [6, 6.07) is 16.8. The number of barbiturate groups is 1. The first kappa shape index (κ1) is 20.4. The number of carbonyl (C=O) groups excluding carboxylic acids is 3. The third-order valence-corrected chi connectivity index (χ3v) is 4.99. The maximum absolute atomic E-state index is 12.7. The number of amides is 4. The van der Waals surface area contributed by atoms with E-state index < -0.39 is 17.8 Å². The van der Waals surface area contributed by atoms with Gasteiger partial charge in [0, 0.05) is 10.6 Å². The fraction of sp³-hybridized carbons (Fsp3) is 0.0870. The van der Waals surface area contributed by atoms with E-state index in [0.29, 0.717) is 28.7 Å². The highest BCUT2D eigenvalue weighted by Crippen LogP contribution is 2.21. The van der Waals surface area contributed by atoms with Gasteiger partial charge in [0.25, 0.3) is 11.8 Å². The van der Waals surface area contributed by atoms with Gasteiger partial charge in [-0.1, -0.05) is 41.9 Å². The van der Waals surface area contributed by atoms with E-state index in [2.05, 4.69) is 5.32 Å². The minimum absolute atomic E-state index is 0.0723. The highest BCUT2D eigenvalue weighted by Gasteiger charge is 2.36. The minimum Gasteiger partial charge on any atom is -0.489 e. The highest BCUT2D eigenvalue weighted by atomic mass is 35.5. The first-order valence-corrected chi connectivity index (χ1v) is 9.76. The molecule has 0 radical (unpaired) electrons. The molecule has 1 N–H and O–H groups in total. The maximum Gasteiger partial charge on any atom is 0.331 e. The Morgan fingerprint density at radius 3 is 2.48 bits per heavy atom. The molecule has 1 saturated heterocycles. The van der Waals surface area contributed by atoms with Crippen LogP contribution in [0.5, 0.6) is 5.75 Å². The molecule has 0 aliphatic carbocycles. The van der Waals surface area contributed by atoms with Gasteiger partial charge < -0.3 is 9.15 Å². The molecule has 0 spiro atoms. The third kappa shape index (κ3) is 4.67. The Balaban J connectivity index is 1.47. The van der Waals surface area contributed by atoms with Crippen LogP contribution in [0.3, 0.4) is 0 Å². The van der Waals surface area contributed by atoms with Gasteiger partial charge in [0.05, 0.1) is 12.8 Å². The second-order valence-corrected chi connectivity index (χ2v) is 7.14. The molecule has 0 unspecified atom stereocenters. The van der Waals surface area contributed by atoms with E-state index >= 15 is 0 Å². The molecule has 1 fully saturated rings. The predicted octanol–water partition coefficient (Wildman–Crippen LogP) is 4.17. The quantitative estimate of drug-likeness (QED) is 0.462. The van der Waals surface area contributed by atoms with E-state index in [1.807, 2.05) is 18.2 Å². The lowest BCUT2D eigenvalue weighted by atomic mass is 10.1. The van der Waals surface area contributed by atoms with E-state index in [-0.39, 0.29) is 12.1 Å². The molecule has 0 atom stereocenters. The maximum atomic E-state index is 12.7. The van der Waals surface area contributed by atoms with Crippen LogP contribution in [0.2, 0.25) is 5.02 Å². The van der Waals surface area contributed by atoms with Crippen LogP contribution >= 0.6 is 11.6 Å². The van der Waals surface area contributed by atoms with Gasteiger partial charge in [0.2, 0.25) is 0 Å². The van der Waals surface area contributed by atoms with Crippen LogP contribution in [0.4, 0.5) is 4.79 Å². The first-order valence-electron chi connectivity index (χ1n) is 9.39. The van der Waals surface area contributed by atoms with Crippen molar-refractivity contribution in [1.82, 2.24) is 10.2 Å². The Labute approximate surface area is 182 Å². The van der Waals surface area contributed by atoms with E-state index in [1.54, 1.807) is 42.5 Å². The van der Waals surface area contributed by atoms with Crippen LogP contribution in [0, 0.1) is 0 Å². The summed E-state index contributed by atoms with van der Waals surface area (Å²) >= 11 is 6.13. The molecule has 3 aromatic rings. The summed E-state index contributed by atoms with van der Waals surface area (Å²) in [6.45, 7) is 0.238. The van der Waals surface area contributed by atoms with Crippen LogP contribution in [0.25, 0.3) is 6.08 Å². The summed E-state index contributed by atoms with van der Waals surface area (Å²) in [5.41, 5.74) is 1.33. The molecule has 4 amide bonds. The summed E-state index contributed by atoms with van der Waals surface area (Å²) in [4.78, 5) is 37.9. The number of nitrogens with one attached hydrogen (secondary N) is 1. The topological polar surface area (TPSA) is 88.9 Å². The van der Waals surface area contributed by atoms with Crippen molar-refractivity contribution in [1.29, 1.82) is 0 Å².